The number of allylic oxidation sites excluding steroid dienone is 1. The Morgan fingerprint density at radius 2 is 1.91 bits per heavy atom. The first kappa shape index (κ1) is 16.0. The van der Waals surface area contributed by atoms with Gasteiger partial charge in [0.05, 0.1) is 12.7 Å². The van der Waals surface area contributed by atoms with E-state index in [4.69, 9.17) is 4.74 Å². The van der Waals surface area contributed by atoms with Crippen molar-refractivity contribution in [2.45, 2.75) is 6.54 Å². The molecular formula is C19H21NO2. The Kier molecular flexibility index (Phi) is 5.50. The summed E-state index contributed by atoms with van der Waals surface area (Å²) in [7, 11) is 5.64. The summed E-state index contributed by atoms with van der Waals surface area (Å²) in [5.74, 6) is 0.536. The highest BCUT2D eigenvalue weighted by Crippen LogP contribution is 2.18. The first-order chi connectivity index (χ1) is 10.6. The number of benzene rings is 2. The monoisotopic (exact) mass is 295 g/mol. The molecule has 0 aliphatic heterocycles. The molecular weight excluding hydrogens is 274 g/mol. The zero-order valence-corrected chi connectivity index (χ0v) is 13.2. The van der Waals surface area contributed by atoms with Gasteiger partial charge in [0.1, 0.15) is 5.75 Å². The van der Waals surface area contributed by atoms with Gasteiger partial charge in [-0.2, -0.15) is 0 Å². The van der Waals surface area contributed by atoms with E-state index in [9.17, 15) is 4.79 Å². The Morgan fingerprint density at radius 1 is 1.14 bits per heavy atom. The molecule has 2 aromatic rings. The van der Waals surface area contributed by atoms with Gasteiger partial charge in [-0.05, 0) is 43.4 Å². The van der Waals surface area contributed by atoms with Crippen LogP contribution in [0.5, 0.6) is 5.75 Å². The normalized spacial score (nSPS) is 11.1. The molecule has 2 aromatic carbocycles. The van der Waals surface area contributed by atoms with Gasteiger partial charge in [-0.1, -0.05) is 42.5 Å². The number of nitrogens with zero attached hydrogens (tertiary/aromatic N) is 1. The van der Waals surface area contributed by atoms with Gasteiger partial charge in [0.2, 0.25) is 0 Å². The van der Waals surface area contributed by atoms with E-state index in [1.165, 1.54) is 5.56 Å². The molecule has 3 nitrogen and oxygen atoms in total. The number of ether oxygens (including phenoxy) is 1. The third-order valence-corrected chi connectivity index (χ3v) is 3.25. The summed E-state index contributed by atoms with van der Waals surface area (Å²) in [5.41, 5.74) is 2.81. The summed E-state index contributed by atoms with van der Waals surface area (Å²) in [4.78, 5) is 14.4. The van der Waals surface area contributed by atoms with Crippen LogP contribution in [-0.2, 0) is 6.54 Å². The van der Waals surface area contributed by atoms with E-state index in [0.29, 0.717) is 11.3 Å². The lowest BCUT2D eigenvalue weighted by atomic mass is 10.1. The topological polar surface area (TPSA) is 29.5 Å². The van der Waals surface area contributed by atoms with Crippen LogP contribution in [0, 0.1) is 0 Å². The quantitative estimate of drug-likeness (QED) is 0.602. The van der Waals surface area contributed by atoms with Crippen molar-refractivity contribution in [1.82, 2.24) is 4.90 Å². The molecule has 0 saturated carbocycles. The van der Waals surface area contributed by atoms with Crippen LogP contribution in [0.3, 0.4) is 0 Å². The van der Waals surface area contributed by atoms with Crippen molar-refractivity contribution in [3.63, 3.8) is 0 Å². The number of hydrogen-bond acceptors (Lipinski definition) is 3. The summed E-state index contributed by atoms with van der Waals surface area (Å²) in [6.07, 6.45) is 3.43. The van der Waals surface area contributed by atoms with Crippen LogP contribution >= 0.6 is 0 Å². The Bertz CT molecular complexity index is 675. The lowest BCUT2D eigenvalue weighted by Gasteiger charge is -2.09. The first-order valence-corrected chi connectivity index (χ1v) is 7.19. The van der Waals surface area contributed by atoms with Gasteiger partial charge in [-0.3, -0.25) is 4.79 Å². The fourth-order valence-corrected chi connectivity index (χ4v) is 2.27. The Morgan fingerprint density at radius 3 is 2.64 bits per heavy atom. The van der Waals surface area contributed by atoms with Gasteiger partial charge in [0.15, 0.2) is 5.78 Å². The minimum atomic E-state index is -0.0598. The maximum atomic E-state index is 12.3. The molecule has 0 unspecified atom stereocenters. The molecule has 22 heavy (non-hydrogen) atoms. The predicted octanol–water partition coefficient (Wildman–Crippen LogP) is 3.65. The van der Waals surface area contributed by atoms with Gasteiger partial charge >= 0.3 is 0 Å². The molecule has 0 fully saturated rings. The fraction of sp³-hybridized carbons (Fsp3) is 0.211. The number of para-hydroxylation sites is 1. The van der Waals surface area contributed by atoms with Crippen molar-refractivity contribution in [3.05, 3.63) is 71.3 Å². The van der Waals surface area contributed by atoms with E-state index in [0.717, 1.165) is 12.1 Å². The summed E-state index contributed by atoms with van der Waals surface area (Å²) < 4.78 is 5.22. The van der Waals surface area contributed by atoms with Crippen LogP contribution in [0.2, 0.25) is 0 Å². The number of rotatable bonds is 6. The van der Waals surface area contributed by atoms with Crippen molar-refractivity contribution in [1.29, 1.82) is 0 Å². The maximum Gasteiger partial charge on any atom is 0.189 e. The van der Waals surface area contributed by atoms with Crippen LogP contribution in [0.25, 0.3) is 6.08 Å². The van der Waals surface area contributed by atoms with E-state index in [2.05, 4.69) is 17.0 Å². The van der Waals surface area contributed by atoms with E-state index in [1.54, 1.807) is 25.3 Å². The zero-order chi connectivity index (χ0) is 15.9. The highest BCUT2D eigenvalue weighted by atomic mass is 16.5. The maximum absolute atomic E-state index is 12.3. The molecule has 114 valence electrons. The zero-order valence-electron chi connectivity index (χ0n) is 13.2. The molecule has 3 heteroatoms. The molecule has 0 aliphatic carbocycles. The standard InChI is InChI=1S/C19H21NO2/c1-20(2)14-16-8-6-7-15(13-16)11-12-18(21)17-9-4-5-10-19(17)22-3/h4-13H,14H2,1-3H3. The van der Waals surface area contributed by atoms with Crippen LogP contribution < -0.4 is 4.74 Å². The molecule has 0 amide bonds. The van der Waals surface area contributed by atoms with Gasteiger partial charge in [-0.15, -0.1) is 0 Å². The van der Waals surface area contributed by atoms with Crippen molar-refractivity contribution in [3.8, 4) is 5.75 Å². The molecule has 0 heterocycles. The van der Waals surface area contributed by atoms with E-state index in [1.807, 2.05) is 44.4 Å². The number of methoxy groups -OCH3 is 1. The molecule has 0 aliphatic rings. The predicted molar refractivity (Wildman–Crippen MR) is 90.2 cm³/mol. The molecule has 2 rings (SSSR count). The van der Waals surface area contributed by atoms with E-state index >= 15 is 0 Å². The SMILES string of the molecule is COc1ccccc1C(=O)C=Cc1cccc(CN(C)C)c1. The summed E-state index contributed by atoms with van der Waals surface area (Å²) >= 11 is 0. The molecule has 0 radical (unpaired) electrons. The third-order valence-electron chi connectivity index (χ3n) is 3.25. The summed E-state index contributed by atoms with van der Waals surface area (Å²) in [5, 5.41) is 0. The molecule has 0 N–H and O–H groups in total. The van der Waals surface area contributed by atoms with Crippen molar-refractivity contribution in [2.24, 2.45) is 0 Å². The minimum Gasteiger partial charge on any atom is -0.496 e. The first-order valence-electron chi connectivity index (χ1n) is 7.19. The average molecular weight is 295 g/mol. The number of carbonyl (C=O) groups is 1. The highest BCUT2D eigenvalue weighted by molar-refractivity contribution is 6.08. The number of hydrogen-bond donors (Lipinski definition) is 0. The highest BCUT2D eigenvalue weighted by Gasteiger charge is 2.07. The van der Waals surface area contributed by atoms with Crippen LogP contribution in [0.1, 0.15) is 21.5 Å². The Balaban J connectivity index is 2.16. The lowest BCUT2D eigenvalue weighted by Crippen LogP contribution is -2.10. The molecule has 0 spiro atoms. The van der Waals surface area contributed by atoms with E-state index < -0.39 is 0 Å². The van der Waals surface area contributed by atoms with Crippen molar-refractivity contribution in [2.75, 3.05) is 21.2 Å². The molecule has 0 aromatic heterocycles. The second-order valence-corrected chi connectivity index (χ2v) is 5.38. The molecule has 0 atom stereocenters. The van der Waals surface area contributed by atoms with Gasteiger partial charge in [0, 0.05) is 6.54 Å². The molecule has 0 bridgehead atoms. The smallest absolute Gasteiger partial charge is 0.189 e. The Hall–Kier alpha value is -2.39. The second-order valence-electron chi connectivity index (χ2n) is 5.38. The van der Waals surface area contributed by atoms with Gasteiger partial charge in [0.25, 0.3) is 0 Å². The summed E-state index contributed by atoms with van der Waals surface area (Å²) in [6.45, 7) is 0.877. The lowest BCUT2D eigenvalue weighted by molar-refractivity contribution is 0.104. The third kappa shape index (κ3) is 4.30. The van der Waals surface area contributed by atoms with Crippen LogP contribution in [0.4, 0.5) is 0 Å². The van der Waals surface area contributed by atoms with Crippen LogP contribution in [-0.4, -0.2) is 31.9 Å². The largest absolute Gasteiger partial charge is 0.496 e. The fourth-order valence-electron chi connectivity index (χ4n) is 2.27. The number of carbonyl (C=O) groups excluding carboxylic acids is 1. The van der Waals surface area contributed by atoms with Crippen molar-refractivity contribution < 1.29 is 9.53 Å². The summed E-state index contributed by atoms with van der Waals surface area (Å²) in [6, 6.07) is 15.4. The van der Waals surface area contributed by atoms with Crippen LogP contribution in [0.15, 0.2) is 54.6 Å². The molecule has 0 saturated heterocycles. The minimum absolute atomic E-state index is 0.0598. The second kappa shape index (κ2) is 7.57. The van der Waals surface area contributed by atoms with Gasteiger partial charge in [-0.25, -0.2) is 0 Å². The van der Waals surface area contributed by atoms with Gasteiger partial charge < -0.3 is 9.64 Å². The number of ketones is 1. The van der Waals surface area contributed by atoms with Crippen molar-refractivity contribution >= 4 is 11.9 Å². The Labute approximate surface area is 131 Å². The average Bonchev–Trinajstić information content (AvgIpc) is 2.52. The van der Waals surface area contributed by atoms with E-state index in [-0.39, 0.29) is 5.78 Å².